The second kappa shape index (κ2) is 4.93. The number of hydrogen-bond acceptors (Lipinski definition) is 3. The highest BCUT2D eigenvalue weighted by Crippen LogP contribution is 2.37. The number of nitrogens with zero attached hydrogens (tertiary/aromatic N) is 2. The number of likely N-dealkylation sites (tertiary alicyclic amines) is 1. The molecule has 2 saturated heterocycles. The van der Waals surface area contributed by atoms with E-state index in [1.54, 1.807) is 12.4 Å². The highest BCUT2D eigenvalue weighted by atomic mass is 16.5. The summed E-state index contributed by atoms with van der Waals surface area (Å²) in [5, 5.41) is 0. The van der Waals surface area contributed by atoms with Gasteiger partial charge in [-0.15, -0.1) is 0 Å². The van der Waals surface area contributed by atoms with Gasteiger partial charge in [0, 0.05) is 25.5 Å². The van der Waals surface area contributed by atoms with E-state index in [1.165, 1.54) is 0 Å². The zero-order valence-electron chi connectivity index (χ0n) is 11.3. The fraction of sp³-hybridized carbons (Fsp3) is 0.600. The Kier molecular flexibility index (Phi) is 3.27. The summed E-state index contributed by atoms with van der Waals surface area (Å²) in [6.45, 7) is 4.64. The summed E-state index contributed by atoms with van der Waals surface area (Å²) in [4.78, 5) is 18.3. The van der Waals surface area contributed by atoms with E-state index < -0.39 is 0 Å². The van der Waals surface area contributed by atoms with E-state index in [1.807, 2.05) is 17.0 Å². The minimum Gasteiger partial charge on any atom is -0.373 e. The fourth-order valence-electron chi connectivity index (χ4n) is 3.20. The van der Waals surface area contributed by atoms with Crippen LogP contribution >= 0.6 is 0 Å². The van der Waals surface area contributed by atoms with Gasteiger partial charge in [0.05, 0.1) is 18.6 Å². The van der Waals surface area contributed by atoms with Gasteiger partial charge in [0.25, 0.3) is 0 Å². The van der Waals surface area contributed by atoms with Crippen LogP contribution in [0.2, 0.25) is 0 Å². The van der Waals surface area contributed by atoms with Crippen LogP contribution in [0.4, 0.5) is 0 Å². The lowest BCUT2D eigenvalue weighted by Gasteiger charge is -2.23. The lowest BCUT2D eigenvalue weighted by atomic mass is 9.94. The first-order valence-electron chi connectivity index (χ1n) is 6.98. The largest absolute Gasteiger partial charge is 0.373 e. The molecule has 1 aromatic heterocycles. The number of ether oxygens (including phenoxy) is 1. The van der Waals surface area contributed by atoms with Crippen molar-refractivity contribution in [3.05, 3.63) is 30.1 Å². The third-order valence-corrected chi connectivity index (χ3v) is 4.14. The van der Waals surface area contributed by atoms with Crippen LogP contribution in [0, 0.1) is 5.92 Å². The Balaban J connectivity index is 1.60. The predicted octanol–water partition coefficient (Wildman–Crippen LogP) is 1.65. The van der Waals surface area contributed by atoms with Gasteiger partial charge in [0.2, 0.25) is 5.91 Å². The minimum absolute atomic E-state index is 0.0516. The summed E-state index contributed by atoms with van der Waals surface area (Å²) in [6, 6.07) is 3.82. The second-order valence-corrected chi connectivity index (χ2v) is 5.91. The zero-order chi connectivity index (χ0) is 13.3. The molecule has 0 unspecified atom stereocenters. The molecule has 0 N–H and O–H groups in total. The first kappa shape index (κ1) is 12.6. The van der Waals surface area contributed by atoms with Crippen molar-refractivity contribution >= 4 is 5.91 Å². The maximum Gasteiger partial charge on any atom is 0.227 e. The Labute approximate surface area is 113 Å². The third kappa shape index (κ3) is 2.63. The smallest absolute Gasteiger partial charge is 0.227 e. The molecular weight excluding hydrogens is 240 g/mol. The highest BCUT2D eigenvalue weighted by Gasteiger charge is 2.45. The van der Waals surface area contributed by atoms with E-state index in [-0.39, 0.29) is 11.5 Å². The molecule has 1 amide bonds. The molecule has 4 heteroatoms. The van der Waals surface area contributed by atoms with Gasteiger partial charge in [-0.05, 0) is 30.4 Å². The van der Waals surface area contributed by atoms with Crippen molar-refractivity contribution in [3.63, 3.8) is 0 Å². The van der Waals surface area contributed by atoms with Crippen LogP contribution < -0.4 is 0 Å². The summed E-state index contributed by atoms with van der Waals surface area (Å²) < 4.78 is 5.94. The molecule has 2 aliphatic rings. The van der Waals surface area contributed by atoms with E-state index >= 15 is 0 Å². The lowest BCUT2D eigenvalue weighted by molar-refractivity contribution is -0.130. The van der Waals surface area contributed by atoms with Crippen molar-refractivity contribution in [3.8, 4) is 0 Å². The Hall–Kier alpha value is -1.42. The highest BCUT2D eigenvalue weighted by molar-refractivity contribution is 5.79. The Morgan fingerprint density at radius 2 is 2.53 bits per heavy atom. The van der Waals surface area contributed by atoms with Gasteiger partial charge in [0.15, 0.2) is 0 Å². The quantitative estimate of drug-likeness (QED) is 0.812. The summed E-state index contributed by atoms with van der Waals surface area (Å²) in [6.07, 6.45) is 6.00. The molecule has 0 aliphatic carbocycles. The van der Waals surface area contributed by atoms with Gasteiger partial charge in [-0.2, -0.15) is 0 Å². The van der Waals surface area contributed by atoms with Gasteiger partial charge in [-0.3, -0.25) is 9.78 Å². The van der Waals surface area contributed by atoms with Crippen molar-refractivity contribution < 1.29 is 9.53 Å². The molecule has 2 fully saturated rings. The van der Waals surface area contributed by atoms with Crippen LogP contribution in [0.3, 0.4) is 0 Å². The van der Waals surface area contributed by atoms with E-state index in [9.17, 15) is 4.79 Å². The molecule has 102 valence electrons. The minimum atomic E-state index is -0.0516. The molecule has 3 heterocycles. The Morgan fingerprint density at radius 1 is 1.63 bits per heavy atom. The molecule has 0 radical (unpaired) electrons. The first-order chi connectivity index (χ1) is 9.17. The monoisotopic (exact) mass is 260 g/mol. The Bertz CT molecular complexity index is 462. The maximum atomic E-state index is 12.3. The number of hydrogen-bond donors (Lipinski definition) is 0. The molecule has 0 saturated carbocycles. The summed E-state index contributed by atoms with van der Waals surface area (Å²) >= 11 is 0. The number of aromatic nitrogens is 1. The van der Waals surface area contributed by atoms with Crippen LogP contribution in [-0.4, -0.2) is 41.1 Å². The summed E-state index contributed by atoms with van der Waals surface area (Å²) in [5.74, 6) is 0.807. The van der Waals surface area contributed by atoms with Crippen LogP contribution in [0.1, 0.15) is 25.3 Å². The first-order valence-corrected chi connectivity index (χ1v) is 6.98. The average molecular weight is 260 g/mol. The molecule has 0 aromatic carbocycles. The molecule has 1 aromatic rings. The number of amides is 1. The molecular formula is C15H20N2O2. The van der Waals surface area contributed by atoms with Gasteiger partial charge in [-0.25, -0.2) is 0 Å². The van der Waals surface area contributed by atoms with Gasteiger partial charge in [0.1, 0.15) is 0 Å². The van der Waals surface area contributed by atoms with Crippen LogP contribution in [0.5, 0.6) is 0 Å². The summed E-state index contributed by atoms with van der Waals surface area (Å²) in [7, 11) is 0. The SMILES string of the molecule is C[C@@H]1CO[C@]2(CCN(C(=O)Cc3cccnc3)C2)C1. The molecule has 4 nitrogen and oxygen atoms in total. The van der Waals surface area contributed by atoms with Crippen molar-refractivity contribution in [1.29, 1.82) is 0 Å². The predicted molar refractivity (Wildman–Crippen MR) is 71.6 cm³/mol. The molecule has 2 aliphatic heterocycles. The number of rotatable bonds is 2. The van der Waals surface area contributed by atoms with E-state index in [2.05, 4.69) is 11.9 Å². The topological polar surface area (TPSA) is 42.4 Å². The van der Waals surface area contributed by atoms with Crippen molar-refractivity contribution in [1.82, 2.24) is 9.88 Å². The van der Waals surface area contributed by atoms with Gasteiger partial charge in [-0.1, -0.05) is 13.0 Å². The standard InChI is InChI=1S/C15H20N2O2/c1-12-8-15(19-10-12)4-6-17(11-15)14(18)7-13-3-2-5-16-9-13/h2-3,5,9,12H,4,6-8,10-11H2,1H3/t12-,15+/m0/s1. The summed E-state index contributed by atoms with van der Waals surface area (Å²) in [5.41, 5.74) is 0.929. The normalized spacial score (nSPS) is 30.2. The third-order valence-electron chi connectivity index (χ3n) is 4.14. The molecule has 1 spiro atoms. The zero-order valence-corrected chi connectivity index (χ0v) is 11.3. The van der Waals surface area contributed by atoms with Crippen LogP contribution in [0.15, 0.2) is 24.5 Å². The van der Waals surface area contributed by atoms with E-state index in [0.29, 0.717) is 12.3 Å². The number of carbonyl (C=O) groups excluding carboxylic acids is 1. The maximum absolute atomic E-state index is 12.3. The van der Waals surface area contributed by atoms with Gasteiger partial charge >= 0.3 is 0 Å². The fourth-order valence-corrected chi connectivity index (χ4v) is 3.20. The molecule has 0 bridgehead atoms. The van der Waals surface area contributed by atoms with Crippen molar-refractivity contribution in [2.75, 3.05) is 19.7 Å². The van der Waals surface area contributed by atoms with Crippen LogP contribution in [-0.2, 0) is 16.0 Å². The second-order valence-electron chi connectivity index (χ2n) is 5.91. The van der Waals surface area contributed by atoms with E-state index in [0.717, 1.165) is 38.1 Å². The average Bonchev–Trinajstić information content (AvgIpc) is 2.98. The molecule has 19 heavy (non-hydrogen) atoms. The number of carbonyl (C=O) groups is 1. The van der Waals surface area contributed by atoms with Crippen molar-refractivity contribution in [2.45, 2.75) is 31.8 Å². The van der Waals surface area contributed by atoms with Crippen molar-refractivity contribution in [2.24, 2.45) is 5.92 Å². The van der Waals surface area contributed by atoms with Gasteiger partial charge < -0.3 is 9.64 Å². The van der Waals surface area contributed by atoms with Crippen LogP contribution in [0.25, 0.3) is 0 Å². The molecule has 2 atom stereocenters. The Morgan fingerprint density at radius 3 is 3.21 bits per heavy atom. The lowest BCUT2D eigenvalue weighted by Crippen LogP contribution is -2.36. The molecule has 3 rings (SSSR count). The number of pyridine rings is 1. The van der Waals surface area contributed by atoms with E-state index in [4.69, 9.17) is 4.74 Å².